The lowest BCUT2D eigenvalue weighted by atomic mass is 10.1. The van der Waals surface area contributed by atoms with E-state index in [2.05, 4.69) is 0 Å². The SMILES string of the molecule is CO[C@@H]1[C@H](O)[C@@H](CO)O[C@H]1n1cc(CO)c(=O)[nH]c1=O. The summed E-state index contributed by atoms with van der Waals surface area (Å²) < 4.78 is 11.5. The summed E-state index contributed by atoms with van der Waals surface area (Å²) in [6.45, 7) is -0.992. The Kier molecular flexibility index (Phi) is 4.35. The molecule has 1 aliphatic heterocycles. The quantitative estimate of drug-likeness (QED) is 0.473. The molecule has 1 saturated heterocycles. The van der Waals surface area contributed by atoms with Crippen molar-refractivity contribution in [3.8, 4) is 0 Å². The van der Waals surface area contributed by atoms with Gasteiger partial charge >= 0.3 is 5.69 Å². The molecule has 9 heteroatoms. The van der Waals surface area contributed by atoms with E-state index in [0.717, 1.165) is 10.8 Å². The minimum atomic E-state index is -1.12. The van der Waals surface area contributed by atoms with Gasteiger partial charge < -0.3 is 24.8 Å². The Bertz CT molecular complexity index is 581. The van der Waals surface area contributed by atoms with E-state index in [9.17, 15) is 14.7 Å². The van der Waals surface area contributed by atoms with Crippen LogP contribution in [0.4, 0.5) is 0 Å². The fourth-order valence-corrected chi connectivity index (χ4v) is 2.18. The van der Waals surface area contributed by atoms with Gasteiger partial charge in [0, 0.05) is 13.3 Å². The van der Waals surface area contributed by atoms with E-state index in [4.69, 9.17) is 19.7 Å². The number of ether oxygens (including phenoxy) is 2. The number of rotatable bonds is 4. The molecule has 1 aromatic heterocycles. The van der Waals surface area contributed by atoms with Crippen LogP contribution in [0.25, 0.3) is 0 Å². The van der Waals surface area contributed by atoms with Gasteiger partial charge in [0.05, 0.1) is 18.8 Å². The van der Waals surface area contributed by atoms with Gasteiger partial charge in [-0.2, -0.15) is 0 Å². The highest BCUT2D eigenvalue weighted by atomic mass is 16.6. The molecule has 1 fully saturated rings. The molecule has 2 heterocycles. The van der Waals surface area contributed by atoms with Crippen molar-refractivity contribution >= 4 is 0 Å². The summed E-state index contributed by atoms with van der Waals surface area (Å²) >= 11 is 0. The topological polar surface area (TPSA) is 134 Å². The van der Waals surface area contributed by atoms with Crippen molar-refractivity contribution in [3.05, 3.63) is 32.6 Å². The first-order chi connectivity index (χ1) is 9.53. The summed E-state index contributed by atoms with van der Waals surface area (Å²) in [5.41, 5.74) is -1.48. The lowest BCUT2D eigenvalue weighted by molar-refractivity contribution is -0.0627. The van der Waals surface area contributed by atoms with Crippen molar-refractivity contribution in [1.82, 2.24) is 9.55 Å². The molecule has 0 unspecified atom stereocenters. The van der Waals surface area contributed by atoms with Gasteiger partial charge in [-0.25, -0.2) is 4.79 Å². The maximum atomic E-state index is 11.8. The summed E-state index contributed by atoms with van der Waals surface area (Å²) in [4.78, 5) is 25.2. The molecule has 1 aliphatic rings. The van der Waals surface area contributed by atoms with Crippen molar-refractivity contribution in [2.45, 2.75) is 31.1 Å². The van der Waals surface area contributed by atoms with E-state index in [1.165, 1.54) is 7.11 Å². The molecule has 4 atom stereocenters. The summed E-state index contributed by atoms with van der Waals surface area (Å²) in [6.07, 6.45) is -2.78. The van der Waals surface area contributed by atoms with Crippen molar-refractivity contribution < 1.29 is 24.8 Å². The van der Waals surface area contributed by atoms with Gasteiger partial charge in [-0.3, -0.25) is 14.3 Å². The summed E-state index contributed by atoms with van der Waals surface area (Å²) in [5, 5.41) is 28.1. The van der Waals surface area contributed by atoms with Crippen LogP contribution in [0.5, 0.6) is 0 Å². The maximum absolute atomic E-state index is 11.8. The lowest BCUT2D eigenvalue weighted by Crippen LogP contribution is -2.39. The minimum Gasteiger partial charge on any atom is -0.394 e. The van der Waals surface area contributed by atoms with Gasteiger partial charge in [0.1, 0.15) is 18.3 Å². The van der Waals surface area contributed by atoms with Crippen molar-refractivity contribution in [3.63, 3.8) is 0 Å². The Balaban J connectivity index is 2.45. The van der Waals surface area contributed by atoms with Crippen molar-refractivity contribution in [2.24, 2.45) is 0 Å². The Morgan fingerprint density at radius 3 is 2.70 bits per heavy atom. The normalized spacial score (nSPS) is 29.8. The molecule has 112 valence electrons. The maximum Gasteiger partial charge on any atom is 0.330 e. The van der Waals surface area contributed by atoms with Crippen molar-refractivity contribution in [1.29, 1.82) is 0 Å². The highest BCUT2D eigenvalue weighted by Gasteiger charge is 2.45. The van der Waals surface area contributed by atoms with Crippen LogP contribution >= 0.6 is 0 Å². The summed E-state index contributed by atoms with van der Waals surface area (Å²) in [6, 6.07) is 0. The molecule has 9 nitrogen and oxygen atoms in total. The third-order valence-electron chi connectivity index (χ3n) is 3.25. The number of nitrogens with zero attached hydrogens (tertiary/aromatic N) is 1. The predicted octanol–water partition coefficient (Wildman–Crippen LogP) is -2.71. The third kappa shape index (κ3) is 2.41. The second-order valence-electron chi connectivity index (χ2n) is 4.42. The standard InChI is InChI=1S/C11H16N2O7/c1-19-8-7(16)6(4-15)20-10(8)13-2-5(3-14)9(17)12-11(13)18/h2,6-8,10,14-16H,3-4H2,1H3,(H,12,17,18)/t6-,7-,8-,10-/m1/s1. The zero-order valence-corrected chi connectivity index (χ0v) is 10.7. The zero-order valence-electron chi connectivity index (χ0n) is 10.7. The molecule has 0 radical (unpaired) electrons. The molecular weight excluding hydrogens is 272 g/mol. The van der Waals surface area contributed by atoms with Crippen LogP contribution in [0.1, 0.15) is 11.8 Å². The molecule has 4 N–H and O–H groups in total. The van der Waals surface area contributed by atoms with E-state index in [1.807, 2.05) is 4.98 Å². The first-order valence-electron chi connectivity index (χ1n) is 5.95. The van der Waals surface area contributed by atoms with Gasteiger partial charge in [-0.05, 0) is 0 Å². The number of hydrogen-bond acceptors (Lipinski definition) is 7. The molecule has 2 rings (SSSR count). The smallest absolute Gasteiger partial charge is 0.330 e. The minimum absolute atomic E-state index is 0.0232. The first kappa shape index (κ1) is 14.9. The number of aromatic amines is 1. The molecular formula is C11H16N2O7. The fraction of sp³-hybridized carbons (Fsp3) is 0.636. The third-order valence-corrected chi connectivity index (χ3v) is 3.25. The van der Waals surface area contributed by atoms with Crippen LogP contribution in [0, 0.1) is 0 Å². The largest absolute Gasteiger partial charge is 0.394 e. The Morgan fingerprint density at radius 2 is 2.15 bits per heavy atom. The second kappa shape index (κ2) is 5.85. The Morgan fingerprint density at radius 1 is 1.45 bits per heavy atom. The Hall–Kier alpha value is -1.52. The number of hydrogen-bond donors (Lipinski definition) is 4. The highest BCUT2D eigenvalue weighted by molar-refractivity contribution is 5.04. The van der Waals surface area contributed by atoms with E-state index in [0.29, 0.717) is 0 Å². The van der Waals surface area contributed by atoms with Gasteiger partial charge in [-0.15, -0.1) is 0 Å². The Labute approximate surface area is 113 Å². The molecule has 0 bridgehead atoms. The van der Waals surface area contributed by atoms with E-state index in [1.54, 1.807) is 0 Å². The highest BCUT2D eigenvalue weighted by Crippen LogP contribution is 2.30. The molecule has 0 amide bonds. The number of H-pyrrole nitrogens is 1. The van der Waals surface area contributed by atoms with E-state index >= 15 is 0 Å². The second-order valence-corrected chi connectivity index (χ2v) is 4.42. The fourth-order valence-electron chi connectivity index (χ4n) is 2.18. The molecule has 0 spiro atoms. The number of aliphatic hydroxyl groups is 3. The van der Waals surface area contributed by atoms with Crippen LogP contribution in [-0.2, 0) is 16.1 Å². The van der Waals surface area contributed by atoms with Crippen LogP contribution in [0.15, 0.2) is 15.8 Å². The number of aromatic nitrogens is 2. The van der Waals surface area contributed by atoms with Gasteiger partial charge in [0.25, 0.3) is 5.56 Å². The summed E-state index contributed by atoms with van der Waals surface area (Å²) in [5.74, 6) is 0. The van der Waals surface area contributed by atoms with Gasteiger partial charge in [0.15, 0.2) is 6.23 Å². The van der Waals surface area contributed by atoms with Gasteiger partial charge in [0.2, 0.25) is 0 Å². The number of aliphatic hydroxyl groups excluding tert-OH is 3. The predicted molar refractivity (Wildman–Crippen MR) is 65.0 cm³/mol. The van der Waals surface area contributed by atoms with Crippen LogP contribution in [0.2, 0.25) is 0 Å². The number of nitrogens with one attached hydrogen (secondary N) is 1. The average Bonchev–Trinajstić information content (AvgIpc) is 2.75. The zero-order chi connectivity index (χ0) is 14.9. The van der Waals surface area contributed by atoms with Crippen LogP contribution < -0.4 is 11.2 Å². The van der Waals surface area contributed by atoms with E-state index in [-0.39, 0.29) is 5.56 Å². The molecule has 1 aromatic rings. The molecule has 0 saturated carbocycles. The van der Waals surface area contributed by atoms with E-state index < -0.39 is 49.0 Å². The van der Waals surface area contributed by atoms with Crippen LogP contribution in [0.3, 0.4) is 0 Å². The average molecular weight is 288 g/mol. The lowest BCUT2D eigenvalue weighted by Gasteiger charge is -2.20. The monoisotopic (exact) mass is 288 g/mol. The molecule has 20 heavy (non-hydrogen) atoms. The van der Waals surface area contributed by atoms with Crippen LogP contribution in [-0.4, -0.2) is 56.9 Å². The van der Waals surface area contributed by atoms with Gasteiger partial charge in [-0.1, -0.05) is 0 Å². The van der Waals surface area contributed by atoms with Crippen molar-refractivity contribution in [2.75, 3.05) is 13.7 Å². The first-order valence-corrected chi connectivity index (χ1v) is 5.95. The summed E-state index contributed by atoms with van der Waals surface area (Å²) in [7, 11) is 1.33. The molecule has 0 aliphatic carbocycles. The number of methoxy groups -OCH3 is 1. The molecule has 0 aromatic carbocycles.